The maximum Gasteiger partial charge on any atom is 0.161 e. The van der Waals surface area contributed by atoms with E-state index in [-0.39, 0.29) is 40.8 Å². The van der Waals surface area contributed by atoms with Gasteiger partial charge in [0.15, 0.2) is 11.6 Å². The SMILES string of the molecule is C[C@]12CCC(=O)C=C1CCC1C2C(O)C[C@@]2(C)C1CCC[C@@H]2C(=O)CO. The van der Waals surface area contributed by atoms with Crippen LogP contribution >= 0.6 is 0 Å². The van der Waals surface area contributed by atoms with Gasteiger partial charge in [0.05, 0.1) is 6.10 Å². The molecule has 3 fully saturated rings. The maximum absolute atomic E-state index is 12.4. The molecule has 4 aliphatic rings. The minimum absolute atomic E-state index is 0.0475. The minimum atomic E-state index is -0.435. The van der Waals surface area contributed by atoms with Crippen LogP contribution in [0.3, 0.4) is 0 Å². The van der Waals surface area contributed by atoms with Gasteiger partial charge in [-0.25, -0.2) is 0 Å². The number of hydrogen-bond donors (Lipinski definition) is 2. The van der Waals surface area contributed by atoms with Crippen molar-refractivity contribution < 1.29 is 19.8 Å². The van der Waals surface area contributed by atoms with Gasteiger partial charge in [0.2, 0.25) is 0 Å². The predicted octanol–water partition coefficient (Wildman–Crippen LogP) is 3.06. The quantitative estimate of drug-likeness (QED) is 0.794. The third-order valence-electron chi connectivity index (χ3n) is 8.68. The molecule has 0 aromatic carbocycles. The van der Waals surface area contributed by atoms with Gasteiger partial charge in [-0.2, -0.15) is 0 Å². The molecular formula is C22H32O4. The Hall–Kier alpha value is -1.00. The van der Waals surface area contributed by atoms with Gasteiger partial charge in [0.1, 0.15) is 6.61 Å². The number of rotatable bonds is 2. The molecule has 4 nitrogen and oxygen atoms in total. The molecular weight excluding hydrogens is 328 g/mol. The van der Waals surface area contributed by atoms with E-state index in [0.717, 1.165) is 38.5 Å². The van der Waals surface area contributed by atoms with Crippen molar-refractivity contribution in [3.8, 4) is 0 Å². The van der Waals surface area contributed by atoms with Crippen molar-refractivity contribution in [3.05, 3.63) is 11.6 Å². The van der Waals surface area contributed by atoms with E-state index in [1.54, 1.807) is 0 Å². The average molecular weight is 360 g/mol. The van der Waals surface area contributed by atoms with E-state index in [1.165, 1.54) is 5.57 Å². The zero-order valence-corrected chi connectivity index (χ0v) is 16.0. The Kier molecular flexibility index (Phi) is 4.43. The first kappa shape index (κ1) is 18.4. The van der Waals surface area contributed by atoms with E-state index in [2.05, 4.69) is 13.8 Å². The van der Waals surface area contributed by atoms with Crippen LogP contribution in [-0.2, 0) is 9.59 Å². The number of carbonyl (C=O) groups excluding carboxylic acids is 2. The highest BCUT2D eigenvalue weighted by atomic mass is 16.3. The van der Waals surface area contributed by atoms with Crippen LogP contribution in [0.2, 0.25) is 0 Å². The number of allylic oxidation sites excluding steroid dienone is 2. The predicted molar refractivity (Wildman–Crippen MR) is 98.3 cm³/mol. The molecule has 0 aliphatic heterocycles. The molecule has 3 saturated carbocycles. The first-order valence-electron chi connectivity index (χ1n) is 10.4. The van der Waals surface area contributed by atoms with Gasteiger partial charge in [-0.05, 0) is 73.2 Å². The standard InChI is InChI=1S/C22H32O4/c1-21-9-8-14(24)10-13(21)6-7-15-16-4-3-5-17(19(26)12-23)22(16,2)11-18(25)20(15)21/h10,15-18,20,23,25H,3-9,11-12H2,1-2H3/t15?,16?,17-,18?,20?,21+,22+/m1/s1. The summed E-state index contributed by atoms with van der Waals surface area (Å²) in [6.07, 6.45) is 8.45. The fourth-order valence-electron chi connectivity index (χ4n) is 7.52. The van der Waals surface area contributed by atoms with Gasteiger partial charge in [0.25, 0.3) is 0 Å². The molecule has 0 heterocycles. The van der Waals surface area contributed by atoms with Gasteiger partial charge >= 0.3 is 0 Å². The Morgan fingerprint density at radius 3 is 2.73 bits per heavy atom. The highest BCUT2D eigenvalue weighted by molar-refractivity contribution is 5.91. The lowest BCUT2D eigenvalue weighted by Gasteiger charge is -2.63. The summed E-state index contributed by atoms with van der Waals surface area (Å²) in [5, 5.41) is 20.7. The Labute approximate surface area is 156 Å². The van der Waals surface area contributed by atoms with Gasteiger partial charge in [-0.1, -0.05) is 25.8 Å². The molecule has 26 heavy (non-hydrogen) atoms. The van der Waals surface area contributed by atoms with Crippen LogP contribution in [0.5, 0.6) is 0 Å². The van der Waals surface area contributed by atoms with Crippen molar-refractivity contribution in [1.29, 1.82) is 0 Å². The molecule has 144 valence electrons. The van der Waals surface area contributed by atoms with E-state index in [4.69, 9.17) is 0 Å². The molecule has 4 aliphatic carbocycles. The molecule has 4 unspecified atom stereocenters. The van der Waals surface area contributed by atoms with Crippen LogP contribution in [0.4, 0.5) is 0 Å². The van der Waals surface area contributed by atoms with E-state index in [0.29, 0.717) is 24.7 Å². The smallest absolute Gasteiger partial charge is 0.161 e. The number of aliphatic hydroxyl groups is 2. The lowest BCUT2D eigenvalue weighted by atomic mass is 9.42. The summed E-state index contributed by atoms with van der Waals surface area (Å²) in [7, 11) is 0. The number of carbonyl (C=O) groups is 2. The number of fused-ring (bicyclic) bond motifs is 5. The molecule has 2 N–H and O–H groups in total. The van der Waals surface area contributed by atoms with Crippen molar-refractivity contribution in [2.75, 3.05) is 6.61 Å². The summed E-state index contributed by atoms with van der Waals surface area (Å²) in [5.74, 6) is 1.09. The van der Waals surface area contributed by atoms with Crippen LogP contribution in [0.15, 0.2) is 11.6 Å². The number of Topliss-reactive ketones (excluding diaryl/α,β-unsaturated/α-hetero) is 1. The summed E-state index contributed by atoms with van der Waals surface area (Å²) in [6, 6.07) is 0. The summed E-state index contributed by atoms with van der Waals surface area (Å²) >= 11 is 0. The fourth-order valence-corrected chi connectivity index (χ4v) is 7.52. The van der Waals surface area contributed by atoms with Crippen LogP contribution in [0.1, 0.15) is 65.2 Å². The summed E-state index contributed by atoms with van der Waals surface area (Å²) in [6.45, 7) is 4.06. The number of aliphatic hydroxyl groups excluding tert-OH is 2. The highest BCUT2D eigenvalue weighted by Crippen LogP contribution is 2.65. The Morgan fingerprint density at radius 1 is 1.23 bits per heavy atom. The average Bonchev–Trinajstić information content (AvgIpc) is 2.60. The maximum atomic E-state index is 12.4. The first-order chi connectivity index (χ1) is 12.3. The monoisotopic (exact) mass is 360 g/mol. The van der Waals surface area contributed by atoms with Gasteiger partial charge in [-0.15, -0.1) is 0 Å². The molecule has 4 rings (SSSR count). The van der Waals surface area contributed by atoms with Gasteiger partial charge in [0, 0.05) is 12.3 Å². The normalized spacial score (nSPS) is 48.1. The zero-order chi connectivity index (χ0) is 18.7. The van der Waals surface area contributed by atoms with Crippen LogP contribution < -0.4 is 0 Å². The van der Waals surface area contributed by atoms with Crippen LogP contribution in [-0.4, -0.2) is 34.5 Å². The van der Waals surface area contributed by atoms with Crippen molar-refractivity contribution >= 4 is 11.6 Å². The number of hydrogen-bond acceptors (Lipinski definition) is 4. The minimum Gasteiger partial charge on any atom is -0.393 e. The second kappa shape index (κ2) is 6.27. The van der Waals surface area contributed by atoms with Crippen molar-refractivity contribution in [1.82, 2.24) is 0 Å². The van der Waals surface area contributed by atoms with E-state index < -0.39 is 6.10 Å². The number of ketones is 2. The van der Waals surface area contributed by atoms with Gasteiger partial charge in [-0.3, -0.25) is 9.59 Å². The lowest BCUT2D eigenvalue weighted by Crippen LogP contribution is -2.60. The Balaban J connectivity index is 1.71. The second-order valence-corrected chi connectivity index (χ2v) is 9.77. The molecule has 7 atom stereocenters. The van der Waals surface area contributed by atoms with E-state index in [1.807, 2.05) is 6.08 Å². The third kappa shape index (κ3) is 2.48. The van der Waals surface area contributed by atoms with Crippen molar-refractivity contribution in [2.45, 2.75) is 71.3 Å². The zero-order valence-electron chi connectivity index (χ0n) is 16.0. The van der Waals surface area contributed by atoms with Crippen LogP contribution in [0, 0.1) is 34.5 Å². The lowest BCUT2D eigenvalue weighted by molar-refractivity contribution is -0.169. The molecule has 0 amide bonds. The molecule has 0 aromatic rings. The topological polar surface area (TPSA) is 74.6 Å². The van der Waals surface area contributed by atoms with Crippen molar-refractivity contribution in [3.63, 3.8) is 0 Å². The molecule has 0 radical (unpaired) electrons. The summed E-state index contributed by atoms with van der Waals surface area (Å²) < 4.78 is 0. The Morgan fingerprint density at radius 2 is 2.00 bits per heavy atom. The van der Waals surface area contributed by atoms with E-state index >= 15 is 0 Å². The summed E-state index contributed by atoms with van der Waals surface area (Å²) in [4.78, 5) is 24.4. The largest absolute Gasteiger partial charge is 0.393 e. The summed E-state index contributed by atoms with van der Waals surface area (Å²) in [5.41, 5.74) is 0.961. The molecule has 0 saturated heterocycles. The molecule has 0 aromatic heterocycles. The molecule has 0 spiro atoms. The Bertz CT molecular complexity index is 653. The second-order valence-electron chi connectivity index (χ2n) is 9.77. The third-order valence-corrected chi connectivity index (χ3v) is 8.68. The first-order valence-corrected chi connectivity index (χ1v) is 10.4. The molecule has 4 heteroatoms. The highest BCUT2D eigenvalue weighted by Gasteiger charge is 2.61. The van der Waals surface area contributed by atoms with Crippen molar-refractivity contribution in [2.24, 2.45) is 34.5 Å². The fraction of sp³-hybridized carbons (Fsp3) is 0.818. The van der Waals surface area contributed by atoms with Gasteiger partial charge < -0.3 is 10.2 Å². The van der Waals surface area contributed by atoms with E-state index in [9.17, 15) is 19.8 Å². The van der Waals surface area contributed by atoms with Crippen LogP contribution in [0.25, 0.3) is 0 Å². The molecule has 0 bridgehead atoms.